The van der Waals surface area contributed by atoms with E-state index in [2.05, 4.69) is 23.1 Å². The van der Waals surface area contributed by atoms with E-state index in [9.17, 15) is 4.79 Å². The lowest BCUT2D eigenvalue weighted by atomic mass is 10.1. The Morgan fingerprint density at radius 1 is 1.19 bits per heavy atom. The van der Waals surface area contributed by atoms with Gasteiger partial charge in [-0.3, -0.25) is 4.79 Å². The molecule has 0 saturated carbocycles. The number of likely N-dealkylation sites (tertiary alicyclic amines) is 1. The molecule has 0 radical (unpaired) electrons. The quantitative estimate of drug-likeness (QED) is 0.860. The molecule has 0 spiro atoms. The van der Waals surface area contributed by atoms with Gasteiger partial charge < -0.3 is 9.47 Å². The Bertz CT molecular complexity index is 643. The number of aromatic nitrogens is 1. The summed E-state index contributed by atoms with van der Waals surface area (Å²) in [6.07, 6.45) is 6.46. The molecule has 1 saturated heterocycles. The van der Waals surface area contributed by atoms with Crippen molar-refractivity contribution < 1.29 is 0 Å². The second kappa shape index (κ2) is 7.43. The van der Waals surface area contributed by atoms with E-state index < -0.39 is 0 Å². The molecule has 5 heteroatoms. The number of aryl methyl sites for hydroxylation is 2. The smallest absolute Gasteiger partial charge is 0.303 e. The van der Waals surface area contributed by atoms with Gasteiger partial charge in [0.2, 0.25) is 0 Å². The van der Waals surface area contributed by atoms with Gasteiger partial charge in [0.25, 0.3) is 0 Å². The second-order valence-corrected chi connectivity index (χ2v) is 6.73. The number of halogens is 1. The lowest BCUT2D eigenvalue weighted by molar-refractivity contribution is 0.226. The SMILES string of the molecule is Cl.Cn1c(=O)sc2cc(CCCN3CCCCC3)ccc21. The molecule has 0 unspecified atom stereocenters. The van der Waals surface area contributed by atoms with Crippen LogP contribution in [0.15, 0.2) is 23.0 Å². The lowest BCUT2D eigenvalue weighted by Crippen LogP contribution is -2.30. The van der Waals surface area contributed by atoms with Crippen LogP contribution in [0.2, 0.25) is 0 Å². The first kappa shape index (κ1) is 16.5. The zero-order valence-electron chi connectivity index (χ0n) is 12.5. The number of hydrogen-bond acceptors (Lipinski definition) is 3. The summed E-state index contributed by atoms with van der Waals surface area (Å²) >= 11 is 1.35. The van der Waals surface area contributed by atoms with E-state index >= 15 is 0 Å². The van der Waals surface area contributed by atoms with Gasteiger partial charge in [0.05, 0.1) is 10.2 Å². The molecule has 0 aliphatic carbocycles. The summed E-state index contributed by atoms with van der Waals surface area (Å²) in [5, 5.41) is 0. The van der Waals surface area contributed by atoms with E-state index in [1.165, 1.54) is 62.2 Å². The van der Waals surface area contributed by atoms with E-state index in [0.29, 0.717) is 0 Å². The van der Waals surface area contributed by atoms with Crippen molar-refractivity contribution in [1.82, 2.24) is 9.47 Å². The molecule has 1 fully saturated rings. The van der Waals surface area contributed by atoms with Crippen molar-refractivity contribution in [2.75, 3.05) is 19.6 Å². The number of rotatable bonds is 4. The third kappa shape index (κ3) is 3.87. The fourth-order valence-corrected chi connectivity index (χ4v) is 3.97. The number of benzene rings is 1. The highest BCUT2D eigenvalue weighted by molar-refractivity contribution is 7.16. The summed E-state index contributed by atoms with van der Waals surface area (Å²) in [6.45, 7) is 3.77. The third-order valence-corrected chi connectivity index (χ3v) is 5.24. The number of thiazole rings is 1. The maximum Gasteiger partial charge on any atom is 0.307 e. The maximum atomic E-state index is 11.6. The van der Waals surface area contributed by atoms with Gasteiger partial charge in [-0.05, 0) is 63.0 Å². The summed E-state index contributed by atoms with van der Waals surface area (Å²) in [6, 6.07) is 6.45. The molecule has 2 aromatic rings. The van der Waals surface area contributed by atoms with Crippen molar-refractivity contribution in [3.05, 3.63) is 33.4 Å². The largest absolute Gasteiger partial charge is 0.307 e. The zero-order chi connectivity index (χ0) is 13.9. The summed E-state index contributed by atoms with van der Waals surface area (Å²) in [5.74, 6) is 0. The molecule has 1 aromatic carbocycles. The molecule has 0 atom stereocenters. The Kier molecular flexibility index (Phi) is 5.85. The molecular weight excluding hydrogens is 304 g/mol. The van der Waals surface area contributed by atoms with Crippen LogP contribution < -0.4 is 4.87 Å². The Morgan fingerprint density at radius 2 is 1.95 bits per heavy atom. The average molecular weight is 327 g/mol. The zero-order valence-corrected chi connectivity index (χ0v) is 14.1. The van der Waals surface area contributed by atoms with E-state index in [1.54, 1.807) is 4.57 Å². The van der Waals surface area contributed by atoms with Gasteiger partial charge in [-0.2, -0.15) is 0 Å². The maximum absolute atomic E-state index is 11.6. The lowest BCUT2D eigenvalue weighted by Gasteiger charge is -2.26. The summed E-state index contributed by atoms with van der Waals surface area (Å²) in [4.78, 5) is 14.4. The minimum Gasteiger partial charge on any atom is -0.303 e. The summed E-state index contributed by atoms with van der Waals surface area (Å²) in [5.41, 5.74) is 2.41. The number of fused-ring (bicyclic) bond motifs is 1. The standard InChI is InChI=1S/C16H22N2OS.ClH/c1-17-14-8-7-13(12-15(14)20-16(17)19)6-5-11-18-9-3-2-4-10-18;/h7-8,12H,2-6,9-11H2,1H3;1H. The Labute approximate surface area is 136 Å². The van der Waals surface area contributed by atoms with E-state index in [1.807, 2.05) is 7.05 Å². The van der Waals surface area contributed by atoms with Crippen LogP contribution in [0, 0.1) is 0 Å². The molecular formula is C16H23ClN2OS. The van der Waals surface area contributed by atoms with Gasteiger partial charge in [-0.15, -0.1) is 12.4 Å². The fraction of sp³-hybridized carbons (Fsp3) is 0.562. The third-order valence-electron chi connectivity index (χ3n) is 4.25. The second-order valence-electron chi connectivity index (χ2n) is 5.73. The molecule has 1 aromatic heterocycles. The monoisotopic (exact) mass is 326 g/mol. The van der Waals surface area contributed by atoms with Gasteiger partial charge in [0, 0.05) is 7.05 Å². The highest BCUT2D eigenvalue weighted by Crippen LogP contribution is 2.19. The van der Waals surface area contributed by atoms with Crippen LogP contribution in [0.4, 0.5) is 0 Å². The molecule has 3 rings (SSSR count). The van der Waals surface area contributed by atoms with Gasteiger partial charge in [0.1, 0.15) is 0 Å². The Balaban J connectivity index is 0.00000161. The molecule has 0 bridgehead atoms. The summed E-state index contributed by atoms with van der Waals surface area (Å²) in [7, 11) is 1.84. The molecule has 3 nitrogen and oxygen atoms in total. The van der Waals surface area contributed by atoms with Gasteiger partial charge >= 0.3 is 4.87 Å². The minimum absolute atomic E-state index is 0. The van der Waals surface area contributed by atoms with Crippen molar-refractivity contribution in [2.24, 2.45) is 7.05 Å². The van der Waals surface area contributed by atoms with Crippen LogP contribution >= 0.6 is 23.7 Å². The first-order chi connectivity index (χ1) is 9.74. The predicted octanol–water partition coefficient (Wildman–Crippen LogP) is 3.44. The Morgan fingerprint density at radius 3 is 2.71 bits per heavy atom. The van der Waals surface area contributed by atoms with Crippen molar-refractivity contribution in [3.63, 3.8) is 0 Å². The highest BCUT2D eigenvalue weighted by Gasteiger charge is 2.09. The molecule has 0 amide bonds. The highest BCUT2D eigenvalue weighted by atomic mass is 35.5. The van der Waals surface area contributed by atoms with Gasteiger partial charge in [0.15, 0.2) is 0 Å². The van der Waals surface area contributed by atoms with Crippen LogP contribution in [0.25, 0.3) is 10.2 Å². The summed E-state index contributed by atoms with van der Waals surface area (Å²) < 4.78 is 2.85. The van der Waals surface area contributed by atoms with Crippen LogP contribution in [0.3, 0.4) is 0 Å². The van der Waals surface area contributed by atoms with Gasteiger partial charge in [-0.1, -0.05) is 23.8 Å². The van der Waals surface area contributed by atoms with Crippen LogP contribution in [-0.4, -0.2) is 29.1 Å². The average Bonchev–Trinajstić information content (AvgIpc) is 2.75. The minimum atomic E-state index is 0. The first-order valence-electron chi connectivity index (χ1n) is 7.55. The number of nitrogens with zero attached hydrogens (tertiary/aromatic N) is 2. The van der Waals surface area contributed by atoms with E-state index in [0.717, 1.165) is 16.6 Å². The van der Waals surface area contributed by atoms with E-state index in [-0.39, 0.29) is 17.3 Å². The number of piperidine rings is 1. The molecule has 0 N–H and O–H groups in total. The molecule has 2 heterocycles. The predicted molar refractivity (Wildman–Crippen MR) is 92.9 cm³/mol. The van der Waals surface area contributed by atoms with Crippen LogP contribution in [0.5, 0.6) is 0 Å². The van der Waals surface area contributed by atoms with Crippen LogP contribution in [-0.2, 0) is 13.5 Å². The van der Waals surface area contributed by atoms with Crippen molar-refractivity contribution in [1.29, 1.82) is 0 Å². The topological polar surface area (TPSA) is 25.2 Å². The van der Waals surface area contributed by atoms with Crippen molar-refractivity contribution in [3.8, 4) is 0 Å². The molecule has 1 aliphatic rings. The molecule has 21 heavy (non-hydrogen) atoms. The normalized spacial score (nSPS) is 16.0. The van der Waals surface area contributed by atoms with E-state index in [4.69, 9.17) is 0 Å². The first-order valence-corrected chi connectivity index (χ1v) is 8.36. The van der Waals surface area contributed by atoms with Crippen LogP contribution in [0.1, 0.15) is 31.2 Å². The fourth-order valence-electron chi connectivity index (χ4n) is 3.02. The number of hydrogen-bond donors (Lipinski definition) is 0. The van der Waals surface area contributed by atoms with Crippen molar-refractivity contribution >= 4 is 34.0 Å². The van der Waals surface area contributed by atoms with Crippen molar-refractivity contribution in [2.45, 2.75) is 32.1 Å². The Hall–Kier alpha value is -0.840. The van der Waals surface area contributed by atoms with Gasteiger partial charge in [-0.25, -0.2) is 0 Å². The molecule has 1 aliphatic heterocycles. The molecule has 116 valence electrons.